The summed E-state index contributed by atoms with van der Waals surface area (Å²) < 4.78 is 5.87. The van der Waals surface area contributed by atoms with Crippen LogP contribution in [0.2, 0.25) is 0 Å². The van der Waals surface area contributed by atoms with Gasteiger partial charge in [0, 0.05) is 6.07 Å². The first-order valence-corrected chi connectivity index (χ1v) is 4.25. The molecule has 0 atom stereocenters. The van der Waals surface area contributed by atoms with E-state index < -0.39 is 0 Å². The van der Waals surface area contributed by atoms with Crippen molar-refractivity contribution in [2.24, 2.45) is 0 Å². The first-order valence-electron chi connectivity index (χ1n) is 3.46. The van der Waals surface area contributed by atoms with Crippen LogP contribution in [0, 0.1) is 0 Å². The van der Waals surface area contributed by atoms with E-state index in [-0.39, 0.29) is 19.0 Å². The zero-order valence-electron chi connectivity index (χ0n) is 6.33. The minimum absolute atomic E-state index is 0.0396. The van der Waals surface area contributed by atoms with Gasteiger partial charge in [0.2, 0.25) is 0 Å². The van der Waals surface area contributed by atoms with Crippen LogP contribution in [0.25, 0.3) is 0 Å². The summed E-state index contributed by atoms with van der Waals surface area (Å²) in [5, 5.41) is 17.6. The average molecular weight is 233 g/mol. The number of phenols is 1. The van der Waals surface area contributed by atoms with Gasteiger partial charge in [0.25, 0.3) is 0 Å². The molecule has 1 aromatic rings. The number of ether oxygens (including phenoxy) is 1. The molecule has 1 rings (SSSR count). The molecule has 0 heterocycles. The molecule has 1 aromatic carbocycles. The number of aliphatic hydroxyl groups excluding tert-OH is 1. The van der Waals surface area contributed by atoms with E-state index in [2.05, 4.69) is 15.9 Å². The summed E-state index contributed by atoms with van der Waals surface area (Å²) in [5.41, 5.74) is 0. The molecule has 0 amide bonds. The molecule has 0 radical (unpaired) electrons. The number of rotatable bonds is 3. The van der Waals surface area contributed by atoms with Crippen LogP contribution >= 0.6 is 15.9 Å². The van der Waals surface area contributed by atoms with Crippen LogP contribution in [0.4, 0.5) is 0 Å². The summed E-state index contributed by atoms with van der Waals surface area (Å²) in [6.07, 6.45) is 0. The van der Waals surface area contributed by atoms with Crippen molar-refractivity contribution in [1.29, 1.82) is 0 Å². The Morgan fingerprint density at radius 3 is 2.83 bits per heavy atom. The fourth-order valence-electron chi connectivity index (χ4n) is 0.758. The predicted molar refractivity (Wildman–Crippen MR) is 48.4 cm³/mol. The summed E-state index contributed by atoms with van der Waals surface area (Å²) >= 11 is 3.24. The van der Waals surface area contributed by atoms with E-state index >= 15 is 0 Å². The predicted octanol–water partition coefficient (Wildman–Crippen LogP) is 1.53. The number of hydrogen-bond donors (Lipinski definition) is 2. The largest absolute Gasteiger partial charge is 0.508 e. The summed E-state index contributed by atoms with van der Waals surface area (Å²) in [6, 6.07) is 4.72. The van der Waals surface area contributed by atoms with Gasteiger partial charge in [0.15, 0.2) is 0 Å². The minimum Gasteiger partial charge on any atom is -0.508 e. The Hall–Kier alpha value is -0.740. The molecular weight excluding hydrogens is 224 g/mol. The van der Waals surface area contributed by atoms with E-state index in [0.29, 0.717) is 5.75 Å². The summed E-state index contributed by atoms with van der Waals surface area (Å²) in [5.74, 6) is 0.676. The molecule has 0 spiro atoms. The molecule has 66 valence electrons. The highest BCUT2D eigenvalue weighted by atomic mass is 79.9. The number of aliphatic hydroxyl groups is 1. The second-order valence-corrected chi connectivity index (χ2v) is 3.04. The van der Waals surface area contributed by atoms with Crippen LogP contribution in [-0.4, -0.2) is 23.4 Å². The molecule has 0 fully saturated rings. The number of phenolic OH excluding ortho intramolecular Hbond substituents is 1. The lowest BCUT2D eigenvalue weighted by Crippen LogP contribution is -2.01. The third-order valence-corrected chi connectivity index (χ3v) is 1.92. The van der Waals surface area contributed by atoms with Crippen LogP contribution in [-0.2, 0) is 0 Å². The van der Waals surface area contributed by atoms with E-state index in [1.807, 2.05) is 0 Å². The van der Waals surface area contributed by atoms with Crippen LogP contribution < -0.4 is 4.74 Å². The second kappa shape index (κ2) is 4.33. The van der Waals surface area contributed by atoms with Gasteiger partial charge >= 0.3 is 0 Å². The Kier molecular flexibility index (Phi) is 3.37. The van der Waals surface area contributed by atoms with E-state index in [9.17, 15) is 0 Å². The third-order valence-electron chi connectivity index (χ3n) is 1.26. The molecule has 0 aliphatic carbocycles. The van der Waals surface area contributed by atoms with Crippen LogP contribution in [0.15, 0.2) is 22.7 Å². The van der Waals surface area contributed by atoms with E-state index in [4.69, 9.17) is 14.9 Å². The van der Waals surface area contributed by atoms with Crippen molar-refractivity contribution in [3.63, 3.8) is 0 Å². The first kappa shape index (κ1) is 9.35. The van der Waals surface area contributed by atoms with Crippen molar-refractivity contribution in [2.45, 2.75) is 0 Å². The van der Waals surface area contributed by atoms with Crippen LogP contribution in [0.5, 0.6) is 11.5 Å². The molecule has 0 saturated heterocycles. The third kappa shape index (κ3) is 2.39. The molecule has 3 nitrogen and oxygen atoms in total. The molecule has 0 aliphatic heterocycles. The van der Waals surface area contributed by atoms with Gasteiger partial charge in [-0.2, -0.15) is 0 Å². The molecule has 2 N–H and O–H groups in total. The minimum atomic E-state index is -0.0396. The lowest BCUT2D eigenvalue weighted by atomic mass is 10.3. The van der Waals surface area contributed by atoms with Crippen molar-refractivity contribution in [1.82, 2.24) is 0 Å². The molecule has 0 saturated carbocycles. The van der Waals surface area contributed by atoms with Gasteiger partial charge in [-0.1, -0.05) is 0 Å². The standard InChI is InChI=1S/C8H9BrO3/c9-7-2-1-6(11)5-8(7)12-4-3-10/h1-2,5,10-11H,3-4H2. The molecule has 0 aromatic heterocycles. The molecule has 4 heteroatoms. The summed E-state index contributed by atoms with van der Waals surface area (Å²) in [6.45, 7) is 0.185. The Bertz CT molecular complexity index is 262. The Morgan fingerprint density at radius 2 is 2.17 bits per heavy atom. The van der Waals surface area contributed by atoms with Gasteiger partial charge in [-0.25, -0.2) is 0 Å². The van der Waals surface area contributed by atoms with Crippen LogP contribution in [0.3, 0.4) is 0 Å². The van der Waals surface area contributed by atoms with E-state index in [1.165, 1.54) is 6.07 Å². The normalized spacial score (nSPS) is 9.83. The lowest BCUT2D eigenvalue weighted by Gasteiger charge is -2.06. The van der Waals surface area contributed by atoms with Crippen molar-refractivity contribution in [3.8, 4) is 11.5 Å². The first-order chi connectivity index (χ1) is 5.74. The fourth-order valence-corrected chi connectivity index (χ4v) is 1.12. The monoisotopic (exact) mass is 232 g/mol. The molecular formula is C8H9BrO3. The molecule has 0 aliphatic rings. The average Bonchev–Trinajstić information content (AvgIpc) is 2.07. The topological polar surface area (TPSA) is 49.7 Å². The maximum atomic E-state index is 9.07. The van der Waals surface area contributed by atoms with Gasteiger partial charge in [-0.05, 0) is 28.1 Å². The number of hydrogen-bond acceptors (Lipinski definition) is 3. The van der Waals surface area contributed by atoms with Gasteiger partial charge in [0.1, 0.15) is 18.1 Å². The molecule has 0 unspecified atom stereocenters. The van der Waals surface area contributed by atoms with Crippen molar-refractivity contribution >= 4 is 15.9 Å². The SMILES string of the molecule is OCCOc1cc(O)ccc1Br. The summed E-state index contributed by atoms with van der Waals surface area (Å²) in [4.78, 5) is 0. The van der Waals surface area contributed by atoms with Crippen molar-refractivity contribution < 1.29 is 14.9 Å². The quantitative estimate of drug-likeness (QED) is 0.832. The smallest absolute Gasteiger partial charge is 0.137 e. The van der Waals surface area contributed by atoms with Gasteiger partial charge in [-0.3, -0.25) is 0 Å². The zero-order chi connectivity index (χ0) is 8.97. The van der Waals surface area contributed by atoms with E-state index in [1.54, 1.807) is 12.1 Å². The number of halogens is 1. The summed E-state index contributed by atoms with van der Waals surface area (Å²) in [7, 11) is 0. The van der Waals surface area contributed by atoms with Gasteiger partial charge < -0.3 is 14.9 Å². The Balaban J connectivity index is 2.75. The highest BCUT2D eigenvalue weighted by Gasteiger charge is 2.00. The number of benzene rings is 1. The maximum absolute atomic E-state index is 9.07. The Morgan fingerprint density at radius 1 is 1.42 bits per heavy atom. The van der Waals surface area contributed by atoms with Crippen LogP contribution in [0.1, 0.15) is 0 Å². The lowest BCUT2D eigenvalue weighted by molar-refractivity contribution is 0.200. The number of aromatic hydroxyl groups is 1. The van der Waals surface area contributed by atoms with Crippen molar-refractivity contribution in [2.75, 3.05) is 13.2 Å². The molecule has 0 bridgehead atoms. The zero-order valence-corrected chi connectivity index (χ0v) is 7.91. The highest BCUT2D eigenvalue weighted by molar-refractivity contribution is 9.10. The Labute approximate surface area is 78.7 Å². The fraction of sp³-hybridized carbons (Fsp3) is 0.250. The maximum Gasteiger partial charge on any atom is 0.137 e. The van der Waals surface area contributed by atoms with E-state index in [0.717, 1.165) is 4.47 Å². The van der Waals surface area contributed by atoms with Gasteiger partial charge in [-0.15, -0.1) is 0 Å². The van der Waals surface area contributed by atoms with Crippen molar-refractivity contribution in [3.05, 3.63) is 22.7 Å². The van der Waals surface area contributed by atoms with Gasteiger partial charge in [0.05, 0.1) is 11.1 Å². The molecule has 12 heavy (non-hydrogen) atoms. The second-order valence-electron chi connectivity index (χ2n) is 2.19. The highest BCUT2D eigenvalue weighted by Crippen LogP contribution is 2.28.